The number of carbonyl (C=O) groups is 1. The van der Waals surface area contributed by atoms with Crippen LogP contribution in [-0.4, -0.2) is 30.6 Å². The van der Waals surface area contributed by atoms with Gasteiger partial charge >= 0.3 is 0 Å². The van der Waals surface area contributed by atoms with E-state index in [2.05, 4.69) is 16.2 Å². The van der Waals surface area contributed by atoms with Gasteiger partial charge in [-0.3, -0.25) is 4.79 Å². The zero-order chi connectivity index (χ0) is 18.6. The van der Waals surface area contributed by atoms with E-state index in [0.717, 1.165) is 10.6 Å². The molecule has 1 N–H and O–H groups in total. The van der Waals surface area contributed by atoms with Crippen LogP contribution in [0.25, 0.3) is 11.3 Å². The maximum absolute atomic E-state index is 12.8. The van der Waals surface area contributed by atoms with Gasteiger partial charge in [-0.15, -0.1) is 17.8 Å². The first-order valence-electron chi connectivity index (χ1n) is 7.87. The van der Waals surface area contributed by atoms with Gasteiger partial charge in [0, 0.05) is 5.56 Å². The Hall–Kier alpha value is -2.52. The van der Waals surface area contributed by atoms with Crippen molar-refractivity contribution in [3.63, 3.8) is 0 Å². The maximum atomic E-state index is 12.8. The van der Waals surface area contributed by atoms with Gasteiger partial charge in [-0.1, -0.05) is 12.8 Å². The van der Waals surface area contributed by atoms with Crippen LogP contribution in [0.1, 0.15) is 34.9 Å². The summed E-state index contributed by atoms with van der Waals surface area (Å²) in [6.07, 6.45) is 6.20. The number of aromatic nitrogens is 1. The molecule has 0 saturated heterocycles. The molecule has 2 aromatic rings. The number of nitrogens with zero attached hydrogens (tertiary/aromatic N) is 1. The summed E-state index contributed by atoms with van der Waals surface area (Å²) >= 11 is 1.34. The molecular weight excluding hydrogens is 336 g/mol. The summed E-state index contributed by atoms with van der Waals surface area (Å²) < 4.78 is 10.6. The molecule has 6 heteroatoms. The van der Waals surface area contributed by atoms with Gasteiger partial charge in [-0.2, -0.15) is 0 Å². The smallest absolute Gasteiger partial charge is 0.264 e. The largest absolute Gasteiger partial charge is 0.493 e. The van der Waals surface area contributed by atoms with Gasteiger partial charge in [0.2, 0.25) is 0 Å². The van der Waals surface area contributed by atoms with Gasteiger partial charge < -0.3 is 14.8 Å². The van der Waals surface area contributed by atoms with Crippen LogP contribution in [0.4, 0.5) is 0 Å². The van der Waals surface area contributed by atoms with Gasteiger partial charge in [-0.25, -0.2) is 4.98 Å². The molecule has 1 atom stereocenters. The predicted octanol–water partition coefficient (Wildman–Crippen LogP) is 3.67. The SMILES string of the molecule is C#CC(C)(CC)NC(=O)c1sc(C)nc1-c1ccc(OC)c(OC)c1. The van der Waals surface area contributed by atoms with Gasteiger partial charge in [0.25, 0.3) is 5.91 Å². The van der Waals surface area contributed by atoms with E-state index in [0.29, 0.717) is 28.5 Å². The van der Waals surface area contributed by atoms with Crippen LogP contribution in [0, 0.1) is 19.3 Å². The Morgan fingerprint density at radius 3 is 2.60 bits per heavy atom. The Labute approximate surface area is 152 Å². The zero-order valence-electron chi connectivity index (χ0n) is 15.1. The second-order valence-corrected chi connectivity index (χ2v) is 6.97. The molecular formula is C19H22N2O3S. The van der Waals surface area contributed by atoms with Crippen LogP contribution in [0.2, 0.25) is 0 Å². The summed E-state index contributed by atoms with van der Waals surface area (Å²) in [5.74, 6) is 3.62. The first-order valence-corrected chi connectivity index (χ1v) is 8.69. The number of ether oxygens (including phenoxy) is 2. The van der Waals surface area contributed by atoms with E-state index >= 15 is 0 Å². The summed E-state index contributed by atoms with van der Waals surface area (Å²) in [5, 5.41) is 3.72. The predicted molar refractivity (Wildman–Crippen MR) is 100 cm³/mol. The average molecular weight is 358 g/mol. The number of thiazole rings is 1. The van der Waals surface area contributed by atoms with Crippen molar-refractivity contribution in [1.82, 2.24) is 10.3 Å². The quantitative estimate of drug-likeness (QED) is 0.801. The number of amides is 1. The molecule has 0 spiro atoms. The zero-order valence-corrected chi connectivity index (χ0v) is 15.9. The van der Waals surface area contributed by atoms with E-state index in [9.17, 15) is 4.79 Å². The van der Waals surface area contributed by atoms with Crippen molar-refractivity contribution in [2.75, 3.05) is 14.2 Å². The van der Waals surface area contributed by atoms with Crippen molar-refractivity contribution in [1.29, 1.82) is 0 Å². The normalized spacial score (nSPS) is 12.8. The minimum Gasteiger partial charge on any atom is -0.493 e. The number of terminal acetylenes is 1. The van der Waals surface area contributed by atoms with E-state index in [1.807, 2.05) is 32.9 Å². The first-order chi connectivity index (χ1) is 11.9. The molecule has 0 aliphatic rings. The average Bonchev–Trinajstić information content (AvgIpc) is 3.02. The molecule has 1 heterocycles. The van der Waals surface area contributed by atoms with Crippen LogP contribution in [0.5, 0.6) is 11.5 Å². The van der Waals surface area contributed by atoms with Crippen molar-refractivity contribution < 1.29 is 14.3 Å². The van der Waals surface area contributed by atoms with Crippen molar-refractivity contribution in [2.24, 2.45) is 0 Å². The lowest BCUT2D eigenvalue weighted by atomic mass is 10.00. The molecule has 0 radical (unpaired) electrons. The summed E-state index contributed by atoms with van der Waals surface area (Å²) in [5.41, 5.74) is 0.701. The summed E-state index contributed by atoms with van der Waals surface area (Å²) in [6, 6.07) is 5.46. The molecule has 0 fully saturated rings. The highest BCUT2D eigenvalue weighted by molar-refractivity contribution is 7.14. The third-order valence-corrected chi connectivity index (χ3v) is 4.98. The standard InChI is InChI=1S/C19H22N2O3S/c1-7-19(4,8-2)21-18(22)17-16(20-12(3)25-17)13-9-10-14(23-5)15(11-13)24-6/h1,9-11H,8H2,2-6H3,(H,21,22). The van der Waals surface area contributed by atoms with E-state index in [4.69, 9.17) is 15.9 Å². The van der Waals surface area contributed by atoms with Crippen LogP contribution in [-0.2, 0) is 0 Å². The number of aryl methyl sites for hydroxylation is 1. The number of benzene rings is 1. The number of methoxy groups -OCH3 is 2. The fourth-order valence-corrected chi connectivity index (χ4v) is 3.13. The van der Waals surface area contributed by atoms with Crippen molar-refractivity contribution >= 4 is 17.2 Å². The van der Waals surface area contributed by atoms with Crippen molar-refractivity contribution in [3.05, 3.63) is 28.1 Å². The maximum Gasteiger partial charge on any atom is 0.264 e. The fraction of sp³-hybridized carbons (Fsp3) is 0.368. The highest BCUT2D eigenvalue weighted by Gasteiger charge is 2.26. The molecule has 1 amide bonds. The van der Waals surface area contributed by atoms with E-state index < -0.39 is 5.54 Å². The lowest BCUT2D eigenvalue weighted by molar-refractivity contribution is 0.0928. The summed E-state index contributed by atoms with van der Waals surface area (Å²) in [4.78, 5) is 17.8. The minimum atomic E-state index is -0.691. The fourth-order valence-electron chi connectivity index (χ4n) is 2.29. The Morgan fingerprint density at radius 1 is 1.36 bits per heavy atom. The van der Waals surface area contributed by atoms with Gasteiger partial charge in [0.1, 0.15) is 4.88 Å². The Morgan fingerprint density at radius 2 is 2.04 bits per heavy atom. The van der Waals surface area contributed by atoms with Crippen LogP contribution < -0.4 is 14.8 Å². The molecule has 1 aromatic carbocycles. The molecule has 5 nitrogen and oxygen atoms in total. The third-order valence-electron chi connectivity index (χ3n) is 4.01. The minimum absolute atomic E-state index is 0.224. The third kappa shape index (κ3) is 3.94. The summed E-state index contributed by atoms with van der Waals surface area (Å²) in [6.45, 7) is 5.63. The molecule has 0 aliphatic carbocycles. The molecule has 0 aliphatic heterocycles. The molecule has 0 saturated carbocycles. The lowest BCUT2D eigenvalue weighted by Gasteiger charge is -2.23. The number of hydrogen-bond acceptors (Lipinski definition) is 5. The highest BCUT2D eigenvalue weighted by Crippen LogP contribution is 2.35. The number of nitrogens with one attached hydrogen (secondary N) is 1. The van der Waals surface area contributed by atoms with E-state index in [1.54, 1.807) is 20.3 Å². The number of carbonyl (C=O) groups excluding carboxylic acids is 1. The number of rotatable bonds is 6. The molecule has 25 heavy (non-hydrogen) atoms. The monoisotopic (exact) mass is 358 g/mol. The Bertz CT molecular complexity index is 823. The van der Waals surface area contributed by atoms with E-state index in [1.165, 1.54) is 11.3 Å². The topological polar surface area (TPSA) is 60.5 Å². The Balaban J connectivity index is 2.45. The second kappa shape index (κ2) is 7.58. The number of hydrogen-bond donors (Lipinski definition) is 1. The lowest BCUT2D eigenvalue weighted by Crippen LogP contribution is -2.44. The highest BCUT2D eigenvalue weighted by atomic mass is 32.1. The van der Waals surface area contributed by atoms with Gasteiger partial charge in [0.05, 0.1) is 30.5 Å². The van der Waals surface area contributed by atoms with Crippen LogP contribution in [0.15, 0.2) is 18.2 Å². The van der Waals surface area contributed by atoms with Crippen LogP contribution >= 0.6 is 11.3 Å². The van der Waals surface area contributed by atoms with Gasteiger partial charge in [-0.05, 0) is 38.5 Å². The van der Waals surface area contributed by atoms with Gasteiger partial charge in [0.15, 0.2) is 11.5 Å². The molecule has 0 bridgehead atoms. The Kier molecular flexibility index (Phi) is 5.70. The van der Waals surface area contributed by atoms with Crippen LogP contribution in [0.3, 0.4) is 0 Å². The first kappa shape index (κ1) is 18.8. The van der Waals surface area contributed by atoms with Crippen molar-refractivity contribution in [2.45, 2.75) is 32.7 Å². The molecule has 2 rings (SSSR count). The molecule has 1 aromatic heterocycles. The molecule has 1 unspecified atom stereocenters. The van der Waals surface area contributed by atoms with Crippen molar-refractivity contribution in [3.8, 4) is 35.1 Å². The second-order valence-electron chi connectivity index (χ2n) is 5.76. The molecule has 132 valence electrons. The summed E-state index contributed by atoms with van der Waals surface area (Å²) in [7, 11) is 3.15. The van der Waals surface area contributed by atoms with E-state index in [-0.39, 0.29) is 5.91 Å².